The molecule has 19 heavy (non-hydrogen) atoms. The quantitative estimate of drug-likeness (QED) is 0.864. The van der Waals surface area contributed by atoms with Crippen LogP contribution in [0, 0.1) is 0 Å². The standard InChI is InChI=1S/C11H11BrF3NO3/c1-19-9(10(17)18)5-16-8-3-2-6(12)4-7(8)11(13,14)15/h2-4,9,16H,5H2,1H3,(H,17,18). The predicted octanol–water partition coefficient (Wildman–Crippen LogP) is 2.98. The van der Waals surface area contributed by atoms with E-state index in [1.807, 2.05) is 0 Å². The van der Waals surface area contributed by atoms with E-state index in [-0.39, 0.29) is 16.7 Å². The number of methoxy groups -OCH3 is 1. The van der Waals surface area contributed by atoms with Crippen molar-refractivity contribution in [3.05, 3.63) is 28.2 Å². The molecule has 1 rings (SSSR count). The van der Waals surface area contributed by atoms with Crippen LogP contribution >= 0.6 is 15.9 Å². The first kappa shape index (κ1) is 15.8. The van der Waals surface area contributed by atoms with Crippen molar-refractivity contribution < 1.29 is 27.8 Å². The molecule has 0 aliphatic heterocycles. The number of anilines is 1. The van der Waals surface area contributed by atoms with Gasteiger partial charge in [-0.1, -0.05) is 15.9 Å². The molecule has 8 heteroatoms. The van der Waals surface area contributed by atoms with Gasteiger partial charge in [-0.05, 0) is 18.2 Å². The Bertz CT molecular complexity index is 465. The topological polar surface area (TPSA) is 58.6 Å². The summed E-state index contributed by atoms with van der Waals surface area (Å²) in [6.45, 7) is -0.267. The zero-order valence-electron chi connectivity index (χ0n) is 9.79. The van der Waals surface area contributed by atoms with Crippen LogP contribution in [0.25, 0.3) is 0 Å². The first-order valence-electron chi connectivity index (χ1n) is 5.12. The van der Waals surface area contributed by atoms with Crippen molar-refractivity contribution >= 4 is 27.6 Å². The lowest BCUT2D eigenvalue weighted by Crippen LogP contribution is -2.31. The maximum atomic E-state index is 12.8. The number of hydrogen-bond donors (Lipinski definition) is 2. The van der Waals surface area contributed by atoms with Gasteiger partial charge in [-0.2, -0.15) is 13.2 Å². The smallest absolute Gasteiger partial charge is 0.418 e. The predicted molar refractivity (Wildman–Crippen MR) is 66.1 cm³/mol. The number of ether oxygens (including phenoxy) is 1. The number of hydrogen-bond acceptors (Lipinski definition) is 3. The fraction of sp³-hybridized carbons (Fsp3) is 0.364. The van der Waals surface area contributed by atoms with Crippen LogP contribution in [-0.2, 0) is 15.7 Å². The molecule has 1 aromatic carbocycles. The highest BCUT2D eigenvalue weighted by Gasteiger charge is 2.34. The SMILES string of the molecule is COC(CNc1ccc(Br)cc1C(F)(F)F)C(=O)O. The van der Waals surface area contributed by atoms with Crippen molar-refractivity contribution in [3.63, 3.8) is 0 Å². The number of aliphatic carboxylic acids is 1. The minimum absolute atomic E-state index is 0.195. The molecule has 0 saturated heterocycles. The average molecular weight is 342 g/mol. The second kappa shape index (κ2) is 6.25. The van der Waals surface area contributed by atoms with E-state index in [0.717, 1.165) is 6.07 Å². The van der Waals surface area contributed by atoms with Gasteiger partial charge in [0, 0.05) is 17.3 Å². The van der Waals surface area contributed by atoms with E-state index in [1.165, 1.54) is 19.2 Å². The van der Waals surface area contributed by atoms with E-state index in [4.69, 9.17) is 5.11 Å². The number of carbonyl (C=O) groups is 1. The van der Waals surface area contributed by atoms with Crippen molar-refractivity contribution in [2.24, 2.45) is 0 Å². The second-order valence-electron chi connectivity index (χ2n) is 3.63. The number of carboxylic acids is 1. The van der Waals surface area contributed by atoms with Crippen LogP contribution in [-0.4, -0.2) is 30.8 Å². The van der Waals surface area contributed by atoms with E-state index >= 15 is 0 Å². The maximum absolute atomic E-state index is 12.8. The fourth-order valence-electron chi connectivity index (χ4n) is 1.38. The highest BCUT2D eigenvalue weighted by Crippen LogP contribution is 2.36. The van der Waals surface area contributed by atoms with Gasteiger partial charge in [0.1, 0.15) is 0 Å². The van der Waals surface area contributed by atoms with Crippen LogP contribution < -0.4 is 5.32 Å². The molecule has 0 radical (unpaired) electrons. The lowest BCUT2D eigenvalue weighted by atomic mass is 10.1. The van der Waals surface area contributed by atoms with E-state index < -0.39 is 23.8 Å². The zero-order chi connectivity index (χ0) is 14.6. The maximum Gasteiger partial charge on any atom is 0.418 e. The van der Waals surface area contributed by atoms with Crippen molar-refractivity contribution in [3.8, 4) is 0 Å². The van der Waals surface area contributed by atoms with Crippen molar-refractivity contribution in [2.75, 3.05) is 19.0 Å². The molecular weight excluding hydrogens is 331 g/mol. The first-order valence-corrected chi connectivity index (χ1v) is 5.91. The summed E-state index contributed by atoms with van der Waals surface area (Å²) >= 11 is 2.96. The molecular formula is C11H11BrF3NO3. The fourth-order valence-corrected chi connectivity index (χ4v) is 1.74. The van der Waals surface area contributed by atoms with E-state index in [9.17, 15) is 18.0 Å². The van der Waals surface area contributed by atoms with Gasteiger partial charge in [0.15, 0.2) is 6.10 Å². The van der Waals surface area contributed by atoms with Crippen LogP contribution in [0.3, 0.4) is 0 Å². The Labute approximate surface area is 115 Å². The molecule has 0 bridgehead atoms. The van der Waals surface area contributed by atoms with Gasteiger partial charge < -0.3 is 15.2 Å². The first-order chi connectivity index (χ1) is 8.75. The van der Waals surface area contributed by atoms with Gasteiger partial charge in [0.05, 0.1) is 12.1 Å². The summed E-state index contributed by atoms with van der Waals surface area (Å²) in [7, 11) is 1.17. The van der Waals surface area contributed by atoms with Crippen LogP contribution in [0.5, 0.6) is 0 Å². The average Bonchev–Trinajstić information content (AvgIpc) is 2.29. The highest BCUT2D eigenvalue weighted by molar-refractivity contribution is 9.10. The molecule has 0 aliphatic carbocycles. The molecule has 1 aromatic rings. The third kappa shape index (κ3) is 4.39. The Morgan fingerprint density at radius 2 is 2.16 bits per heavy atom. The molecule has 0 amide bonds. The van der Waals surface area contributed by atoms with Gasteiger partial charge in [0.2, 0.25) is 0 Å². The minimum Gasteiger partial charge on any atom is -0.479 e. The lowest BCUT2D eigenvalue weighted by Gasteiger charge is -2.17. The summed E-state index contributed by atoms with van der Waals surface area (Å²) in [6.07, 6.45) is -5.75. The summed E-state index contributed by atoms with van der Waals surface area (Å²) in [6, 6.07) is 3.58. The molecule has 1 unspecified atom stereocenters. The van der Waals surface area contributed by atoms with E-state index in [2.05, 4.69) is 26.0 Å². The Morgan fingerprint density at radius 1 is 1.53 bits per heavy atom. The van der Waals surface area contributed by atoms with Gasteiger partial charge in [0.25, 0.3) is 0 Å². The Kier molecular flexibility index (Phi) is 5.19. The molecule has 0 heterocycles. The number of nitrogens with one attached hydrogen (secondary N) is 1. The molecule has 106 valence electrons. The van der Waals surface area contributed by atoms with Crippen LogP contribution in [0.4, 0.5) is 18.9 Å². The monoisotopic (exact) mass is 341 g/mol. The summed E-state index contributed by atoms with van der Waals surface area (Å²) in [5.41, 5.74) is -1.07. The van der Waals surface area contributed by atoms with Crippen LogP contribution in [0.15, 0.2) is 22.7 Å². The minimum atomic E-state index is -4.53. The number of carboxylic acid groups (broad SMARTS) is 1. The molecule has 4 nitrogen and oxygen atoms in total. The summed E-state index contributed by atoms with van der Waals surface area (Å²) in [5.74, 6) is -1.25. The molecule has 0 spiro atoms. The Balaban J connectivity index is 2.92. The van der Waals surface area contributed by atoms with Crippen molar-refractivity contribution in [1.29, 1.82) is 0 Å². The molecule has 2 N–H and O–H groups in total. The molecule has 0 saturated carbocycles. The highest BCUT2D eigenvalue weighted by atomic mass is 79.9. The van der Waals surface area contributed by atoms with Crippen molar-refractivity contribution in [1.82, 2.24) is 0 Å². The molecule has 0 aliphatic rings. The van der Waals surface area contributed by atoms with Gasteiger partial charge >= 0.3 is 12.1 Å². The summed E-state index contributed by atoms with van der Waals surface area (Å²) < 4.78 is 43.3. The van der Waals surface area contributed by atoms with Gasteiger partial charge in [-0.3, -0.25) is 0 Å². The molecule has 1 atom stereocenters. The lowest BCUT2D eigenvalue weighted by molar-refractivity contribution is -0.147. The zero-order valence-corrected chi connectivity index (χ0v) is 11.4. The number of halogens is 4. The van der Waals surface area contributed by atoms with E-state index in [0.29, 0.717) is 0 Å². The number of benzene rings is 1. The van der Waals surface area contributed by atoms with E-state index in [1.54, 1.807) is 0 Å². The van der Waals surface area contributed by atoms with Crippen molar-refractivity contribution in [2.45, 2.75) is 12.3 Å². The molecule has 0 aromatic heterocycles. The van der Waals surface area contributed by atoms with Crippen LogP contribution in [0.1, 0.15) is 5.56 Å². The largest absolute Gasteiger partial charge is 0.479 e. The Morgan fingerprint density at radius 3 is 2.63 bits per heavy atom. The normalized spacial score (nSPS) is 13.1. The summed E-state index contributed by atoms with van der Waals surface area (Å²) in [4.78, 5) is 10.7. The third-order valence-corrected chi connectivity index (χ3v) is 2.82. The second-order valence-corrected chi connectivity index (χ2v) is 4.55. The van der Waals surface area contributed by atoms with Gasteiger partial charge in [-0.25, -0.2) is 4.79 Å². The van der Waals surface area contributed by atoms with Gasteiger partial charge in [-0.15, -0.1) is 0 Å². The summed E-state index contributed by atoms with van der Waals surface area (Å²) in [5, 5.41) is 11.2. The Hall–Kier alpha value is -1.28. The number of rotatable bonds is 5. The number of alkyl halides is 3. The third-order valence-electron chi connectivity index (χ3n) is 2.32. The molecule has 0 fully saturated rings. The van der Waals surface area contributed by atoms with Crippen LogP contribution in [0.2, 0.25) is 0 Å².